The number of carbonyl (C=O) groups excluding carboxylic acids is 2. The number of nitrogens with one attached hydrogen (secondary N) is 2. The van der Waals surface area contributed by atoms with E-state index >= 15 is 0 Å². The van der Waals surface area contributed by atoms with E-state index in [-0.39, 0.29) is 11.8 Å². The van der Waals surface area contributed by atoms with Gasteiger partial charge in [-0.25, -0.2) is 4.98 Å². The summed E-state index contributed by atoms with van der Waals surface area (Å²) < 4.78 is 5.74. The highest BCUT2D eigenvalue weighted by Gasteiger charge is 2.22. The second-order valence-electron chi connectivity index (χ2n) is 6.15. The number of carbonyl (C=O) groups is 2. The van der Waals surface area contributed by atoms with E-state index in [1.165, 1.54) is 17.4 Å². The smallest absolute Gasteiger partial charge is 0.257 e. The average Bonchev–Trinajstić information content (AvgIpc) is 3.15. The van der Waals surface area contributed by atoms with Gasteiger partial charge in [-0.3, -0.25) is 14.9 Å². The van der Waals surface area contributed by atoms with E-state index in [0.717, 1.165) is 27.4 Å². The molecular weight excluding hydrogens is 374 g/mol. The van der Waals surface area contributed by atoms with Crippen LogP contribution in [0.5, 0.6) is 5.75 Å². The van der Waals surface area contributed by atoms with Crippen LogP contribution in [0, 0.1) is 0 Å². The van der Waals surface area contributed by atoms with E-state index in [1.54, 1.807) is 24.3 Å². The summed E-state index contributed by atoms with van der Waals surface area (Å²) in [6, 6.07) is 14.8. The van der Waals surface area contributed by atoms with Crippen molar-refractivity contribution >= 4 is 28.3 Å². The lowest BCUT2D eigenvalue weighted by Gasteiger charge is -2.15. The maximum absolute atomic E-state index is 12.5. The molecule has 0 fully saturated rings. The molecule has 140 valence electrons. The van der Waals surface area contributed by atoms with Crippen LogP contribution in [0.1, 0.15) is 20.8 Å². The summed E-state index contributed by atoms with van der Waals surface area (Å²) in [5.74, 6) is 0.333. The van der Waals surface area contributed by atoms with Crippen LogP contribution in [0.25, 0.3) is 11.3 Å². The van der Waals surface area contributed by atoms with Gasteiger partial charge >= 0.3 is 0 Å². The second-order valence-corrected chi connectivity index (χ2v) is 7.23. The molecule has 1 aromatic heterocycles. The van der Waals surface area contributed by atoms with Crippen LogP contribution in [0.15, 0.2) is 61.2 Å². The minimum absolute atomic E-state index is 0.234. The third-order valence-electron chi connectivity index (χ3n) is 4.29. The summed E-state index contributed by atoms with van der Waals surface area (Å²) >= 11 is 1.41. The molecular formula is C21H17N3O3S. The lowest BCUT2D eigenvalue weighted by atomic mass is 10.1. The number of fused-ring (bicyclic) bond motifs is 3. The van der Waals surface area contributed by atoms with E-state index in [1.807, 2.05) is 24.3 Å². The molecule has 1 aliphatic rings. The lowest BCUT2D eigenvalue weighted by molar-refractivity contribution is -0.116. The summed E-state index contributed by atoms with van der Waals surface area (Å²) in [6.07, 6.45) is 1.22. The van der Waals surface area contributed by atoms with Gasteiger partial charge in [0, 0.05) is 17.7 Å². The van der Waals surface area contributed by atoms with E-state index in [0.29, 0.717) is 23.8 Å². The highest BCUT2D eigenvalue weighted by molar-refractivity contribution is 7.16. The number of anilines is 1. The maximum Gasteiger partial charge on any atom is 0.257 e. The Morgan fingerprint density at radius 2 is 1.96 bits per heavy atom. The Balaban J connectivity index is 1.46. The minimum Gasteiger partial charge on any atom is -0.487 e. The number of hydrogen-bond donors (Lipinski definition) is 2. The normalized spacial score (nSPS) is 11.6. The molecule has 0 atom stereocenters. The van der Waals surface area contributed by atoms with Crippen LogP contribution >= 0.6 is 11.3 Å². The van der Waals surface area contributed by atoms with Crippen molar-refractivity contribution < 1.29 is 14.3 Å². The fraction of sp³-hybridized carbons (Fsp3) is 0.0952. The summed E-state index contributed by atoms with van der Waals surface area (Å²) in [5.41, 5.74) is 3.20. The predicted octanol–water partition coefficient (Wildman–Crippen LogP) is 3.76. The highest BCUT2D eigenvalue weighted by Crippen LogP contribution is 2.40. The van der Waals surface area contributed by atoms with E-state index in [9.17, 15) is 9.59 Å². The van der Waals surface area contributed by atoms with E-state index < -0.39 is 0 Å². The van der Waals surface area contributed by atoms with Crippen LogP contribution in [0.3, 0.4) is 0 Å². The molecule has 0 aliphatic carbocycles. The first kappa shape index (κ1) is 17.9. The zero-order chi connectivity index (χ0) is 19.5. The van der Waals surface area contributed by atoms with Gasteiger partial charge < -0.3 is 10.1 Å². The number of nitrogens with zero attached hydrogens (tertiary/aromatic N) is 1. The van der Waals surface area contributed by atoms with Crippen LogP contribution in [-0.2, 0) is 17.9 Å². The maximum atomic E-state index is 12.5. The van der Waals surface area contributed by atoms with Gasteiger partial charge in [-0.2, -0.15) is 0 Å². The van der Waals surface area contributed by atoms with Crippen molar-refractivity contribution in [1.82, 2.24) is 10.3 Å². The van der Waals surface area contributed by atoms with Crippen LogP contribution in [0.2, 0.25) is 0 Å². The fourth-order valence-corrected chi connectivity index (χ4v) is 3.73. The first-order valence-corrected chi connectivity index (χ1v) is 9.48. The van der Waals surface area contributed by atoms with Gasteiger partial charge in [0.1, 0.15) is 12.4 Å². The molecule has 2 heterocycles. The van der Waals surface area contributed by atoms with Gasteiger partial charge in [-0.05, 0) is 35.9 Å². The molecule has 1 aliphatic heterocycles. The summed E-state index contributed by atoms with van der Waals surface area (Å²) in [6.45, 7) is 4.24. The van der Waals surface area contributed by atoms with Gasteiger partial charge in [0.25, 0.3) is 5.91 Å². The Labute approximate surface area is 165 Å². The molecule has 4 rings (SSSR count). The van der Waals surface area contributed by atoms with Gasteiger partial charge in [-0.15, -0.1) is 0 Å². The monoisotopic (exact) mass is 391 g/mol. The molecule has 0 saturated carbocycles. The fourth-order valence-electron chi connectivity index (χ4n) is 2.85. The van der Waals surface area contributed by atoms with Crippen LogP contribution in [-0.4, -0.2) is 16.8 Å². The summed E-state index contributed by atoms with van der Waals surface area (Å²) in [7, 11) is 0. The SMILES string of the molecule is C=CC(=O)NCc1ccc(C(=O)Nc2nc3c(s2)COc2ccccc2-3)cc1. The second kappa shape index (κ2) is 7.66. The molecule has 2 aromatic carbocycles. The molecule has 0 unspecified atom stereocenters. The van der Waals surface area contributed by atoms with Gasteiger partial charge in [0.05, 0.1) is 10.6 Å². The first-order valence-electron chi connectivity index (χ1n) is 8.66. The van der Waals surface area contributed by atoms with E-state index in [4.69, 9.17) is 4.74 Å². The Hall–Kier alpha value is -3.45. The van der Waals surface area contributed by atoms with Crippen molar-refractivity contribution in [2.45, 2.75) is 13.2 Å². The van der Waals surface area contributed by atoms with Crippen molar-refractivity contribution in [2.75, 3.05) is 5.32 Å². The zero-order valence-electron chi connectivity index (χ0n) is 14.9. The molecule has 0 saturated heterocycles. The number of ether oxygens (including phenoxy) is 1. The Kier molecular flexibility index (Phi) is 4.90. The Morgan fingerprint density at radius 1 is 1.18 bits per heavy atom. The average molecular weight is 391 g/mol. The standard InChI is InChI=1S/C21H17N3O3S/c1-2-18(25)22-11-13-7-9-14(10-8-13)20(26)24-21-23-19-15-5-3-4-6-16(15)27-12-17(19)28-21/h2-10H,1,11-12H2,(H,22,25)(H,23,24,26). The summed E-state index contributed by atoms with van der Waals surface area (Å²) in [5, 5.41) is 6.09. The highest BCUT2D eigenvalue weighted by atomic mass is 32.1. The van der Waals surface area contributed by atoms with Crippen LogP contribution in [0.4, 0.5) is 5.13 Å². The summed E-state index contributed by atoms with van der Waals surface area (Å²) in [4.78, 5) is 29.3. The Bertz CT molecular complexity index is 1060. The quantitative estimate of drug-likeness (QED) is 0.649. The van der Waals surface area contributed by atoms with Gasteiger partial charge in [0.15, 0.2) is 5.13 Å². The first-order chi connectivity index (χ1) is 13.6. The number of rotatable bonds is 5. The molecule has 0 radical (unpaired) electrons. The lowest BCUT2D eigenvalue weighted by Crippen LogP contribution is -2.20. The van der Waals surface area contributed by atoms with Gasteiger partial charge in [-0.1, -0.05) is 42.2 Å². The zero-order valence-corrected chi connectivity index (χ0v) is 15.7. The molecule has 7 heteroatoms. The number of aromatic nitrogens is 1. The number of benzene rings is 2. The molecule has 6 nitrogen and oxygen atoms in total. The third-order valence-corrected chi connectivity index (χ3v) is 5.23. The number of para-hydroxylation sites is 1. The van der Waals surface area contributed by atoms with Crippen LogP contribution < -0.4 is 15.4 Å². The largest absolute Gasteiger partial charge is 0.487 e. The third kappa shape index (κ3) is 3.65. The molecule has 0 bridgehead atoms. The molecule has 0 spiro atoms. The minimum atomic E-state index is -0.236. The Morgan fingerprint density at radius 3 is 2.75 bits per heavy atom. The van der Waals surface area contributed by atoms with Crippen molar-refractivity contribution in [2.24, 2.45) is 0 Å². The van der Waals surface area contributed by atoms with Crippen molar-refractivity contribution in [3.8, 4) is 17.0 Å². The predicted molar refractivity (Wildman–Crippen MR) is 108 cm³/mol. The van der Waals surface area contributed by atoms with Gasteiger partial charge in [0.2, 0.25) is 5.91 Å². The molecule has 2 N–H and O–H groups in total. The number of thiazole rings is 1. The number of amides is 2. The van der Waals surface area contributed by atoms with Crippen molar-refractivity contribution in [3.63, 3.8) is 0 Å². The van der Waals surface area contributed by atoms with Crippen molar-refractivity contribution in [3.05, 3.63) is 77.2 Å². The molecule has 28 heavy (non-hydrogen) atoms. The van der Waals surface area contributed by atoms with E-state index in [2.05, 4.69) is 22.2 Å². The topological polar surface area (TPSA) is 80.3 Å². The molecule has 2 amide bonds. The number of hydrogen-bond acceptors (Lipinski definition) is 5. The van der Waals surface area contributed by atoms with Crippen molar-refractivity contribution in [1.29, 1.82) is 0 Å². The molecule has 3 aromatic rings.